The molecule has 4 aliphatic rings. The van der Waals surface area contributed by atoms with Crippen molar-refractivity contribution in [2.24, 2.45) is 5.92 Å². The van der Waals surface area contributed by atoms with Crippen LogP contribution < -0.4 is 15.5 Å². The number of hydrogen-bond donors (Lipinski definition) is 2. The standard InChI is InChI=1S/C42H41ClN6O5/c1-23-4-7-27(38-24(2)47-54-25(38)3)18-36(23)48(30-11-13-33(34(43)20-30)42(22-44)16-17-42)21-26-5-8-28(9-6-26)45-29-10-12-31-32(19-29)41(53)49(40(31)52)35-14-15-37(50)46-39(35)51/h4,7,10-13,18-20,26,28,35,45H,5-6,8-9,14-17,21H2,1-3H3,(H,46,50,51)/t26-,28-,35?. The second-order valence-electron chi connectivity index (χ2n) is 15.2. The Morgan fingerprint density at radius 2 is 1.72 bits per heavy atom. The molecule has 3 aromatic carbocycles. The zero-order valence-corrected chi connectivity index (χ0v) is 31.3. The van der Waals surface area contributed by atoms with Crippen LogP contribution in [-0.2, 0) is 15.0 Å². The highest BCUT2D eigenvalue weighted by atomic mass is 35.5. The lowest BCUT2D eigenvalue weighted by atomic mass is 9.85. The number of anilines is 3. The van der Waals surface area contributed by atoms with E-state index in [0.29, 0.717) is 10.9 Å². The highest BCUT2D eigenvalue weighted by Crippen LogP contribution is 2.51. The number of fused-ring (bicyclic) bond motifs is 1. The average Bonchev–Trinajstić information content (AvgIpc) is 3.83. The van der Waals surface area contributed by atoms with E-state index in [2.05, 4.69) is 57.9 Å². The van der Waals surface area contributed by atoms with Gasteiger partial charge >= 0.3 is 0 Å². The summed E-state index contributed by atoms with van der Waals surface area (Å²) in [5, 5.41) is 20.5. The number of aromatic nitrogens is 1. The molecule has 1 saturated heterocycles. The summed E-state index contributed by atoms with van der Waals surface area (Å²) in [6, 6.07) is 19.4. The smallest absolute Gasteiger partial charge is 0.262 e. The van der Waals surface area contributed by atoms with Crippen molar-refractivity contribution in [2.45, 2.75) is 89.6 Å². The Labute approximate surface area is 318 Å². The van der Waals surface area contributed by atoms with Crippen molar-refractivity contribution in [1.29, 1.82) is 5.26 Å². The number of nitrogens with one attached hydrogen (secondary N) is 2. The van der Waals surface area contributed by atoms with Gasteiger partial charge in [0, 0.05) is 46.7 Å². The Bertz CT molecular complexity index is 2240. The lowest BCUT2D eigenvalue weighted by molar-refractivity contribution is -0.136. The molecular formula is C42H41ClN6O5. The summed E-state index contributed by atoms with van der Waals surface area (Å²) in [6.45, 7) is 6.76. The molecule has 3 heterocycles. The number of rotatable bonds is 9. The maximum absolute atomic E-state index is 13.4. The molecule has 11 nitrogen and oxygen atoms in total. The number of carbonyl (C=O) groups is 4. The number of nitrogens with zero attached hydrogens (tertiary/aromatic N) is 4. The van der Waals surface area contributed by atoms with Crippen molar-refractivity contribution in [3.8, 4) is 17.2 Å². The third-order valence-corrected chi connectivity index (χ3v) is 12.0. The Kier molecular flexibility index (Phi) is 9.05. The van der Waals surface area contributed by atoms with Gasteiger partial charge in [-0.1, -0.05) is 35.0 Å². The Hall–Kier alpha value is -5.47. The van der Waals surface area contributed by atoms with Gasteiger partial charge in [0.25, 0.3) is 11.8 Å². The molecule has 0 bridgehead atoms. The first-order valence-electron chi connectivity index (χ1n) is 18.6. The molecule has 8 rings (SSSR count). The predicted octanol–water partition coefficient (Wildman–Crippen LogP) is 7.69. The van der Waals surface area contributed by atoms with Gasteiger partial charge in [0.15, 0.2) is 0 Å². The molecule has 4 aromatic rings. The van der Waals surface area contributed by atoms with E-state index >= 15 is 0 Å². The fourth-order valence-electron chi connectivity index (χ4n) is 8.46. The van der Waals surface area contributed by atoms with Crippen LogP contribution in [0.1, 0.15) is 94.7 Å². The van der Waals surface area contributed by atoms with Crippen molar-refractivity contribution in [3.05, 3.63) is 93.3 Å². The number of hydrogen-bond acceptors (Lipinski definition) is 9. The maximum atomic E-state index is 13.4. The average molecular weight is 745 g/mol. The highest BCUT2D eigenvalue weighted by molar-refractivity contribution is 6.32. The van der Waals surface area contributed by atoms with Crippen molar-refractivity contribution in [1.82, 2.24) is 15.4 Å². The van der Waals surface area contributed by atoms with E-state index in [4.69, 9.17) is 16.1 Å². The zero-order valence-electron chi connectivity index (χ0n) is 30.5. The van der Waals surface area contributed by atoms with Gasteiger partial charge in [0.1, 0.15) is 11.8 Å². The predicted molar refractivity (Wildman–Crippen MR) is 204 cm³/mol. The summed E-state index contributed by atoms with van der Waals surface area (Å²) in [5.74, 6) is -0.909. The molecule has 2 aliphatic carbocycles. The van der Waals surface area contributed by atoms with Crippen LogP contribution in [0.3, 0.4) is 0 Å². The van der Waals surface area contributed by atoms with Crippen LogP contribution in [0.5, 0.6) is 0 Å². The fourth-order valence-corrected chi connectivity index (χ4v) is 8.82. The second-order valence-corrected chi connectivity index (χ2v) is 15.6. The van der Waals surface area contributed by atoms with Gasteiger partial charge in [0.2, 0.25) is 11.8 Å². The largest absolute Gasteiger partial charge is 0.382 e. The van der Waals surface area contributed by atoms with Crippen molar-refractivity contribution in [2.75, 3.05) is 16.8 Å². The van der Waals surface area contributed by atoms with E-state index in [0.717, 1.165) is 101 Å². The summed E-state index contributed by atoms with van der Waals surface area (Å²) in [6.07, 6.45) is 5.59. The topological polar surface area (TPSA) is 149 Å². The molecule has 2 aliphatic heterocycles. The number of amides is 4. The number of aryl methyl sites for hydroxylation is 3. The van der Waals surface area contributed by atoms with Crippen LogP contribution in [0.15, 0.2) is 59.1 Å². The summed E-state index contributed by atoms with van der Waals surface area (Å²) in [7, 11) is 0. The van der Waals surface area contributed by atoms with Crippen molar-refractivity contribution < 1.29 is 23.7 Å². The third-order valence-electron chi connectivity index (χ3n) is 11.7. The lowest BCUT2D eigenvalue weighted by Gasteiger charge is -2.35. The second kappa shape index (κ2) is 13.7. The number of piperidine rings is 1. The molecule has 0 radical (unpaired) electrons. The van der Waals surface area contributed by atoms with E-state index in [1.54, 1.807) is 12.1 Å². The van der Waals surface area contributed by atoms with Crippen LogP contribution in [0, 0.1) is 38.0 Å². The Morgan fingerprint density at radius 1 is 0.963 bits per heavy atom. The summed E-state index contributed by atoms with van der Waals surface area (Å²) in [4.78, 5) is 54.1. The number of halogens is 1. The highest BCUT2D eigenvalue weighted by Gasteiger charge is 2.47. The molecular weight excluding hydrogens is 704 g/mol. The lowest BCUT2D eigenvalue weighted by Crippen LogP contribution is -2.54. The zero-order chi connectivity index (χ0) is 37.9. The molecule has 54 heavy (non-hydrogen) atoms. The first-order chi connectivity index (χ1) is 26.0. The van der Waals surface area contributed by atoms with Crippen molar-refractivity contribution in [3.63, 3.8) is 0 Å². The monoisotopic (exact) mass is 744 g/mol. The number of carbonyl (C=O) groups excluding carboxylic acids is 4. The van der Waals surface area contributed by atoms with E-state index in [1.165, 1.54) is 0 Å². The van der Waals surface area contributed by atoms with E-state index < -0.39 is 35.1 Å². The molecule has 276 valence electrons. The molecule has 2 saturated carbocycles. The Balaban J connectivity index is 0.996. The van der Waals surface area contributed by atoms with Gasteiger partial charge in [-0.3, -0.25) is 29.4 Å². The van der Waals surface area contributed by atoms with Gasteiger partial charge in [-0.2, -0.15) is 5.26 Å². The molecule has 12 heteroatoms. The molecule has 1 atom stereocenters. The summed E-state index contributed by atoms with van der Waals surface area (Å²) >= 11 is 6.93. The maximum Gasteiger partial charge on any atom is 0.262 e. The van der Waals surface area contributed by atoms with Gasteiger partial charge in [-0.05, 0) is 125 Å². The van der Waals surface area contributed by atoms with Gasteiger partial charge in [0.05, 0.1) is 28.3 Å². The van der Waals surface area contributed by atoms with E-state index in [9.17, 15) is 24.4 Å². The van der Waals surface area contributed by atoms with Crippen molar-refractivity contribution >= 4 is 52.3 Å². The third kappa shape index (κ3) is 6.32. The Morgan fingerprint density at radius 3 is 2.39 bits per heavy atom. The van der Waals surface area contributed by atoms with Crippen LogP contribution in [-0.4, -0.2) is 52.3 Å². The van der Waals surface area contributed by atoms with Crippen LogP contribution in [0.4, 0.5) is 17.1 Å². The minimum atomic E-state index is -0.996. The van der Waals surface area contributed by atoms with Crippen LogP contribution in [0.2, 0.25) is 5.02 Å². The van der Waals surface area contributed by atoms with E-state index in [-0.39, 0.29) is 30.0 Å². The molecule has 1 aromatic heterocycles. The van der Waals surface area contributed by atoms with Crippen LogP contribution in [0.25, 0.3) is 11.1 Å². The first kappa shape index (κ1) is 35.6. The molecule has 3 fully saturated rings. The van der Waals surface area contributed by atoms with Gasteiger partial charge in [-0.15, -0.1) is 0 Å². The van der Waals surface area contributed by atoms with Crippen LogP contribution >= 0.6 is 11.6 Å². The number of imide groups is 2. The molecule has 1 unspecified atom stereocenters. The SMILES string of the molecule is Cc1ccc(-c2c(C)noc2C)cc1N(C[C@H]1CC[C@H](Nc2ccc3c(c2)C(=O)N(C2CCC(=O)NC2=O)C3=O)CC1)c1ccc(C2(C#N)CC2)c(Cl)c1. The number of nitriles is 1. The molecule has 4 amide bonds. The summed E-state index contributed by atoms with van der Waals surface area (Å²) in [5.41, 5.74) is 7.71. The molecule has 2 N–H and O–H groups in total. The fraction of sp³-hybridized carbons (Fsp3) is 0.381. The quantitative estimate of drug-likeness (QED) is 0.165. The summed E-state index contributed by atoms with van der Waals surface area (Å²) < 4.78 is 5.51. The van der Waals surface area contributed by atoms with Gasteiger partial charge in [-0.25, -0.2) is 0 Å². The first-order valence-corrected chi connectivity index (χ1v) is 19.0. The molecule has 0 spiro atoms. The minimum absolute atomic E-state index is 0.0778. The van der Waals surface area contributed by atoms with Gasteiger partial charge < -0.3 is 14.7 Å². The minimum Gasteiger partial charge on any atom is -0.382 e. The van der Waals surface area contributed by atoms with E-state index in [1.807, 2.05) is 32.0 Å². The number of benzene rings is 3. The normalized spacial score (nSPS) is 21.8.